The molecule has 12 heteroatoms. The Morgan fingerprint density at radius 2 is 1.68 bits per heavy atom. The molecule has 2 aromatic rings. The Morgan fingerprint density at radius 3 is 2.29 bits per heavy atom. The van der Waals surface area contributed by atoms with E-state index in [-0.39, 0.29) is 27.6 Å². The Bertz CT molecular complexity index is 1360. The van der Waals surface area contributed by atoms with Crippen molar-refractivity contribution in [3.63, 3.8) is 0 Å². The minimum Gasteiger partial charge on any atom is -0.507 e. The molecule has 38 heavy (non-hydrogen) atoms. The number of sulfonamides is 1. The van der Waals surface area contributed by atoms with Crippen molar-refractivity contribution in [3.8, 4) is 0 Å². The topological polar surface area (TPSA) is 107 Å². The summed E-state index contributed by atoms with van der Waals surface area (Å²) in [4.78, 5) is 30.1. The maximum absolute atomic E-state index is 13.2. The average Bonchev–Trinajstić information content (AvgIpc) is 3.15. The van der Waals surface area contributed by atoms with Crippen LogP contribution in [0.4, 0.5) is 0 Å². The molecular formula is C26H29Cl2N3O6S. The first kappa shape index (κ1) is 28.5. The number of rotatable bonds is 8. The Morgan fingerprint density at radius 1 is 1.03 bits per heavy atom. The molecule has 9 nitrogen and oxygen atoms in total. The van der Waals surface area contributed by atoms with Gasteiger partial charge in [0.2, 0.25) is 10.0 Å². The van der Waals surface area contributed by atoms with Gasteiger partial charge < -0.3 is 14.7 Å². The van der Waals surface area contributed by atoms with E-state index in [0.29, 0.717) is 30.2 Å². The molecule has 2 aliphatic rings. The lowest BCUT2D eigenvalue weighted by Gasteiger charge is -2.29. The molecule has 2 aliphatic heterocycles. The Hall–Kier alpha value is -2.47. The van der Waals surface area contributed by atoms with Crippen LogP contribution in [0, 0.1) is 0 Å². The van der Waals surface area contributed by atoms with Crippen molar-refractivity contribution in [2.45, 2.75) is 17.4 Å². The van der Waals surface area contributed by atoms with E-state index in [1.807, 2.05) is 0 Å². The minimum absolute atomic E-state index is 0.0312. The molecule has 1 N–H and O–H groups in total. The molecule has 2 fully saturated rings. The number of morpholine rings is 1. The van der Waals surface area contributed by atoms with Crippen LogP contribution < -0.4 is 0 Å². The first-order valence-electron chi connectivity index (χ1n) is 12.1. The molecular weight excluding hydrogens is 553 g/mol. The van der Waals surface area contributed by atoms with Crippen molar-refractivity contribution >= 4 is 50.7 Å². The first-order valence-corrected chi connectivity index (χ1v) is 14.3. The zero-order valence-electron chi connectivity index (χ0n) is 21.1. The fourth-order valence-corrected chi connectivity index (χ4v) is 5.79. The summed E-state index contributed by atoms with van der Waals surface area (Å²) in [7, 11) is -0.846. The van der Waals surface area contributed by atoms with Gasteiger partial charge >= 0.3 is 0 Å². The average molecular weight is 583 g/mol. The number of carbonyl (C=O) groups is 2. The van der Waals surface area contributed by atoms with E-state index in [4.69, 9.17) is 27.9 Å². The summed E-state index contributed by atoms with van der Waals surface area (Å²) in [5.41, 5.74) is 0.639. The summed E-state index contributed by atoms with van der Waals surface area (Å²) in [5.74, 6) is -1.95. The summed E-state index contributed by atoms with van der Waals surface area (Å²) in [6.07, 6.45) is 0.613. The van der Waals surface area contributed by atoms with Gasteiger partial charge in [0, 0.05) is 45.8 Å². The van der Waals surface area contributed by atoms with Crippen LogP contribution in [0.3, 0.4) is 0 Å². The van der Waals surface area contributed by atoms with Crippen molar-refractivity contribution in [1.29, 1.82) is 0 Å². The number of amides is 1. The Labute approximate surface area is 232 Å². The van der Waals surface area contributed by atoms with Gasteiger partial charge in [0.25, 0.3) is 11.7 Å². The van der Waals surface area contributed by atoms with E-state index >= 15 is 0 Å². The highest BCUT2D eigenvalue weighted by atomic mass is 35.5. The molecule has 0 saturated carbocycles. The second-order valence-corrected chi connectivity index (χ2v) is 12.3. The summed E-state index contributed by atoms with van der Waals surface area (Å²) >= 11 is 12.4. The summed E-state index contributed by atoms with van der Waals surface area (Å²) < 4.78 is 31.3. The molecule has 0 aliphatic carbocycles. The van der Waals surface area contributed by atoms with Gasteiger partial charge in [-0.2, -0.15) is 0 Å². The van der Waals surface area contributed by atoms with Gasteiger partial charge in [-0.3, -0.25) is 14.5 Å². The third kappa shape index (κ3) is 5.75. The number of aliphatic hydroxyl groups excluding tert-OH is 1. The number of benzene rings is 2. The SMILES string of the molecule is CN(C)S(=O)(=O)c1ccc(C(O)=C2C(=O)C(=O)N(CCCN3CCOCC3)[C@H]2c2ccc(Cl)c(Cl)c2)cc1. The maximum atomic E-state index is 13.2. The molecule has 0 radical (unpaired) electrons. The van der Waals surface area contributed by atoms with E-state index in [0.717, 1.165) is 23.9 Å². The molecule has 2 saturated heterocycles. The van der Waals surface area contributed by atoms with E-state index in [1.165, 1.54) is 43.3 Å². The monoisotopic (exact) mass is 581 g/mol. The molecule has 204 valence electrons. The number of hydrogen-bond donors (Lipinski definition) is 1. The highest BCUT2D eigenvalue weighted by Crippen LogP contribution is 2.41. The Balaban J connectivity index is 1.71. The first-order chi connectivity index (χ1) is 18.0. The second kappa shape index (κ2) is 11.7. The van der Waals surface area contributed by atoms with Crippen molar-refractivity contribution in [2.75, 3.05) is 53.5 Å². The van der Waals surface area contributed by atoms with Crippen LogP contribution >= 0.6 is 23.2 Å². The number of nitrogens with zero attached hydrogens (tertiary/aromatic N) is 3. The molecule has 2 heterocycles. The molecule has 4 rings (SSSR count). The zero-order chi connectivity index (χ0) is 27.6. The standard InChI is InChI=1S/C26H29Cl2N3O6S/c1-29(2)38(35,36)19-7-4-17(5-8-19)24(32)22-23(18-6-9-20(27)21(28)16-18)31(26(34)25(22)33)11-3-10-30-12-14-37-15-13-30/h4-9,16,23,32H,3,10-15H2,1-2H3/t23-/m0/s1. The lowest BCUT2D eigenvalue weighted by Crippen LogP contribution is -2.38. The van der Waals surface area contributed by atoms with E-state index in [1.54, 1.807) is 18.2 Å². The van der Waals surface area contributed by atoms with E-state index in [9.17, 15) is 23.1 Å². The number of ketones is 1. The highest BCUT2D eigenvalue weighted by Gasteiger charge is 2.46. The Kier molecular flexibility index (Phi) is 8.81. The summed E-state index contributed by atoms with van der Waals surface area (Å²) in [6.45, 7) is 3.92. The summed E-state index contributed by atoms with van der Waals surface area (Å²) in [6, 6.07) is 9.43. The van der Waals surface area contributed by atoms with Gasteiger partial charge in [-0.05, 0) is 48.4 Å². The van der Waals surface area contributed by atoms with Gasteiger partial charge in [-0.25, -0.2) is 12.7 Å². The van der Waals surface area contributed by atoms with Crippen molar-refractivity contribution in [1.82, 2.24) is 14.1 Å². The van der Waals surface area contributed by atoms with Gasteiger partial charge in [0.1, 0.15) is 5.76 Å². The van der Waals surface area contributed by atoms with Crippen LogP contribution in [0.25, 0.3) is 5.76 Å². The third-order valence-corrected chi connectivity index (χ3v) is 9.25. The van der Waals surface area contributed by atoms with Gasteiger partial charge in [0.15, 0.2) is 0 Å². The highest BCUT2D eigenvalue weighted by molar-refractivity contribution is 7.89. The number of likely N-dealkylation sites (tertiary alicyclic amines) is 1. The molecule has 0 unspecified atom stereocenters. The smallest absolute Gasteiger partial charge is 0.295 e. The van der Waals surface area contributed by atoms with Gasteiger partial charge in [-0.15, -0.1) is 0 Å². The lowest BCUT2D eigenvalue weighted by molar-refractivity contribution is -0.140. The number of hydrogen-bond acceptors (Lipinski definition) is 7. The lowest BCUT2D eigenvalue weighted by atomic mass is 9.95. The van der Waals surface area contributed by atoms with E-state index in [2.05, 4.69) is 4.90 Å². The predicted molar refractivity (Wildman–Crippen MR) is 145 cm³/mol. The van der Waals surface area contributed by atoms with Gasteiger partial charge in [0.05, 0.1) is 39.8 Å². The third-order valence-electron chi connectivity index (χ3n) is 6.68. The maximum Gasteiger partial charge on any atom is 0.295 e. The fourth-order valence-electron chi connectivity index (χ4n) is 4.58. The van der Waals surface area contributed by atoms with Crippen LogP contribution in [0.2, 0.25) is 10.0 Å². The van der Waals surface area contributed by atoms with Gasteiger partial charge in [-0.1, -0.05) is 29.3 Å². The number of Topliss-reactive ketones (excluding diaryl/α,β-unsaturated/α-hetero) is 1. The second-order valence-electron chi connectivity index (χ2n) is 9.29. The fraction of sp³-hybridized carbons (Fsp3) is 0.385. The number of halogens is 2. The van der Waals surface area contributed by atoms with Crippen LogP contribution in [-0.4, -0.2) is 92.8 Å². The predicted octanol–water partition coefficient (Wildman–Crippen LogP) is 3.39. The molecule has 0 bridgehead atoms. The van der Waals surface area contributed by atoms with Crippen LogP contribution in [0.5, 0.6) is 0 Å². The zero-order valence-corrected chi connectivity index (χ0v) is 23.4. The van der Waals surface area contributed by atoms with Crippen LogP contribution in [0.1, 0.15) is 23.6 Å². The quantitative estimate of drug-likeness (QED) is 0.289. The molecule has 0 spiro atoms. The minimum atomic E-state index is -3.68. The molecule has 2 aromatic carbocycles. The van der Waals surface area contributed by atoms with Crippen LogP contribution in [0.15, 0.2) is 52.9 Å². The van der Waals surface area contributed by atoms with Crippen molar-refractivity contribution in [2.24, 2.45) is 0 Å². The number of carbonyl (C=O) groups excluding carboxylic acids is 2. The molecule has 1 amide bonds. The van der Waals surface area contributed by atoms with E-state index < -0.39 is 33.5 Å². The summed E-state index contributed by atoms with van der Waals surface area (Å²) in [5, 5.41) is 11.8. The normalized spacial score (nSPS) is 20.4. The molecule has 1 atom stereocenters. The van der Waals surface area contributed by atoms with Crippen molar-refractivity contribution in [3.05, 3.63) is 69.2 Å². The largest absolute Gasteiger partial charge is 0.507 e. The number of ether oxygens (including phenoxy) is 1. The number of aliphatic hydroxyl groups is 1. The molecule has 0 aromatic heterocycles. The van der Waals surface area contributed by atoms with Crippen LogP contribution in [-0.2, 0) is 24.3 Å². The van der Waals surface area contributed by atoms with Crippen molar-refractivity contribution < 1.29 is 27.9 Å².